The maximum absolute atomic E-state index is 12.7. The Balaban J connectivity index is 4.36. The first kappa shape index (κ1) is 58.3. The molecule has 0 aliphatic heterocycles. The second kappa shape index (κ2) is 50.0. The summed E-state index contributed by atoms with van der Waals surface area (Å²) in [6, 6.07) is 0. The Bertz CT molecular complexity index is 1260. The molecule has 0 bridgehead atoms. The zero-order chi connectivity index (χ0) is 45.1. The Labute approximate surface area is 381 Å². The summed E-state index contributed by atoms with van der Waals surface area (Å²) in [4.78, 5) is 37.9. The van der Waals surface area contributed by atoms with Crippen LogP contribution in [0.15, 0.2) is 97.2 Å². The smallest absolute Gasteiger partial charge is 0.306 e. The van der Waals surface area contributed by atoms with Gasteiger partial charge >= 0.3 is 17.9 Å². The molecular formula is C56H92O6. The van der Waals surface area contributed by atoms with Crippen molar-refractivity contribution in [1.29, 1.82) is 0 Å². The maximum Gasteiger partial charge on any atom is 0.306 e. The molecule has 0 saturated carbocycles. The van der Waals surface area contributed by atoms with Gasteiger partial charge in [0.15, 0.2) is 6.10 Å². The Morgan fingerprint density at radius 3 is 1.02 bits per heavy atom. The summed E-state index contributed by atoms with van der Waals surface area (Å²) in [5, 5.41) is 0. The Hall–Kier alpha value is -3.67. The van der Waals surface area contributed by atoms with Crippen LogP contribution in [-0.4, -0.2) is 37.2 Å². The third-order valence-corrected chi connectivity index (χ3v) is 10.3. The van der Waals surface area contributed by atoms with E-state index in [4.69, 9.17) is 14.2 Å². The molecule has 0 N–H and O–H groups in total. The summed E-state index contributed by atoms with van der Waals surface area (Å²) >= 11 is 0. The minimum atomic E-state index is -0.799. The maximum atomic E-state index is 12.7. The molecule has 1 atom stereocenters. The summed E-state index contributed by atoms with van der Waals surface area (Å²) in [5.74, 6) is -0.951. The highest BCUT2D eigenvalue weighted by Crippen LogP contribution is 2.13. The van der Waals surface area contributed by atoms with Crippen molar-refractivity contribution in [1.82, 2.24) is 0 Å². The molecule has 0 amide bonds. The van der Waals surface area contributed by atoms with E-state index < -0.39 is 6.10 Å². The van der Waals surface area contributed by atoms with Gasteiger partial charge in [-0.15, -0.1) is 0 Å². The number of hydrogen-bond donors (Lipinski definition) is 0. The summed E-state index contributed by atoms with van der Waals surface area (Å²) < 4.78 is 16.7. The average molecular weight is 861 g/mol. The first-order chi connectivity index (χ1) is 30.5. The standard InChI is InChI=1S/C56H92O6/c1-4-7-10-13-16-19-22-24-25-26-27-28-29-30-31-33-34-37-40-43-46-49-55(58)61-52-53(51-60-54(57)48-45-42-39-36-21-18-15-12-9-6-3)62-56(59)50-47-44-41-38-35-32-23-20-17-14-11-8-5-2/h7-8,10-12,15-17,19-20,24-25,27-28,32,35,53H,4-6,9,13-14,18,21-23,26,29-31,33-34,36-52H2,1-3H3/b10-7-,11-8-,15-12-,19-16-,20-17-,25-24-,28-27-,35-32-. The predicted molar refractivity (Wildman–Crippen MR) is 265 cm³/mol. The molecule has 0 radical (unpaired) electrons. The van der Waals surface area contributed by atoms with E-state index in [0.29, 0.717) is 12.8 Å². The number of ether oxygens (including phenoxy) is 3. The van der Waals surface area contributed by atoms with Gasteiger partial charge in [-0.1, -0.05) is 189 Å². The van der Waals surface area contributed by atoms with E-state index in [2.05, 4.69) is 118 Å². The van der Waals surface area contributed by atoms with Gasteiger partial charge in [0, 0.05) is 19.3 Å². The molecule has 0 fully saturated rings. The van der Waals surface area contributed by atoms with E-state index in [1.54, 1.807) is 0 Å². The van der Waals surface area contributed by atoms with Crippen molar-refractivity contribution >= 4 is 17.9 Å². The summed E-state index contributed by atoms with van der Waals surface area (Å²) in [6.07, 6.45) is 65.4. The molecule has 0 rings (SSSR count). The Morgan fingerprint density at radius 2 is 0.629 bits per heavy atom. The van der Waals surface area contributed by atoms with Crippen molar-refractivity contribution in [3.8, 4) is 0 Å². The van der Waals surface area contributed by atoms with Gasteiger partial charge in [0.25, 0.3) is 0 Å². The second-order valence-electron chi connectivity index (χ2n) is 16.3. The van der Waals surface area contributed by atoms with Gasteiger partial charge < -0.3 is 14.2 Å². The Kier molecular flexibility index (Phi) is 47.0. The molecule has 0 aromatic carbocycles. The number of rotatable bonds is 44. The first-order valence-electron chi connectivity index (χ1n) is 25.2. The SMILES string of the molecule is CC/C=C\C/C=C\C/C=C\C/C=C\CCCCCCCCCCC(=O)OCC(COC(=O)CCCCCCC/C=C\CCC)OC(=O)CCCCC/C=C\C/C=C\C/C=C\CC. The fraction of sp³-hybridized carbons (Fsp3) is 0.661. The number of unbranched alkanes of at least 4 members (excludes halogenated alkanes) is 17. The van der Waals surface area contributed by atoms with Crippen molar-refractivity contribution in [2.75, 3.05) is 13.2 Å². The zero-order valence-electron chi connectivity index (χ0n) is 40.1. The highest BCUT2D eigenvalue weighted by Gasteiger charge is 2.19. The van der Waals surface area contributed by atoms with E-state index in [-0.39, 0.29) is 37.5 Å². The fourth-order valence-corrected chi connectivity index (χ4v) is 6.57. The molecule has 0 aromatic heterocycles. The summed E-state index contributed by atoms with van der Waals surface area (Å²) in [6.45, 7) is 6.29. The predicted octanol–water partition coefficient (Wildman–Crippen LogP) is 16.6. The van der Waals surface area contributed by atoms with Crippen LogP contribution in [0.2, 0.25) is 0 Å². The molecule has 352 valence electrons. The third kappa shape index (κ3) is 47.4. The van der Waals surface area contributed by atoms with Crippen LogP contribution in [0, 0.1) is 0 Å². The number of hydrogen-bond acceptors (Lipinski definition) is 6. The lowest BCUT2D eigenvalue weighted by molar-refractivity contribution is -0.167. The molecule has 0 aliphatic carbocycles. The van der Waals surface area contributed by atoms with Crippen LogP contribution in [0.3, 0.4) is 0 Å². The van der Waals surface area contributed by atoms with Crippen LogP contribution in [0.25, 0.3) is 0 Å². The number of allylic oxidation sites excluding steroid dienone is 16. The summed E-state index contributed by atoms with van der Waals surface area (Å²) in [5.41, 5.74) is 0. The van der Waals surface area contributed by atoms with Gasteiger partial charge in [-0.25, -0.2) is 0 Å². The summed E-state index contributed by atoms with van der Waals surface area (Å²) in [7, 11) is 0. The van der Waals surface area contributed by atoms with Crippen LogP contribution in [0.5, 0.6) is 0 Å². The lowest BCUT2D eigenvalue weighted by atomic mass is 10.1. The number of esters is 3. The topological polar surface area (TPSA) is 78.9 Å². The first-order valence-corrected chi connectivity index (χ1v) is 25.2. The largest absolute Gasteiger partial charge is 0.462 e. The van der Waals surface area contributed by atoms with Crippen molar-refractivity contribution in [2.45, 2.75) is 226 Å². The van der Waals surface area contributed by atoms with Crippen molar-refractivity contribution in [2.24, 2.45) is 0 Å². The highest BCUT2D eigenvalue weighted by molar-refractivity contribution is 5.71. The van der Waals surface area contributed by atoms with E-state index in [1.807, 2.05) is 0 Å². The molecule has 6 heteroatoms. The number of carbonyl (C=O) groups is 3. The van der Waals surface area contributed by atoms with Crippen LogP contribution in [-0.2, 0) is 28.6 Å². The van der Waals surface area contributed by atoms with Gasteiger partial charge in [0.05, 0.1) is 0 Å². The van der Waals surface area contributed by atoms with Crippen LogP contribution in [0.1, 0.15) is 220 Å². The second-order valence-corrected chi connectivity index (χ2v) is 16.3. The molecule has 0 aromatic rings. The van der Waals surface area contributed by atoms with Crippen molar-refractivity contribution in [3.05, 3.63) is 97.2 Å². The van der Waals surface area contributed by atoms with E-state index in [9.17, 15) is 14.4 Å². The van der Waals surface area contributed by atoms with Crippen LogP contribution >= 0.6 is 0 Å². The van der Waals surface area contributed by atoms with Gasteiger partial charge in [0.1, 0.15) is 13.2 Å². The molecule has 0 aliphatic rings. The molecule has 0 saturated heterocycles. The van der Waals surface area contributed by atoms with E-state index in [0.717, 1.165) is 135 Å². The molecule has 6 nitrogen and oxygen atoms in total. The highest BCUT2D eigenvalue weighted by atomic mass is 16.6. The van der Waals surface area contributed by atoms with Crippen molar-refractivity contribution < 1.29 is 28.6 Å². The molecule has 0 spiro atoms. The van der Waals surface area contributed by atoms with E-state index in [1.165, 1.54) is 44.9 Å². The monoisotopic (exact) mass is 861 g/mol. The van der Waals surface area contributed by atoms with E-state index >= 15 is 0 Å². The number of carbonyl (C=O) groups excluding carboxylic acids is 3. The zero-order valence-corrected chi connectivity index (χ0v) is 40.1. The lowest BCUT2D eigenvalue weighted by Crippen LogP contribution is -2.30. The minimum absolute atomic E-state index is 0.0976. The quantitative estimate of drug-likeness (QED) is 0.0263. The minimum Gasteiger partial charge on any atom is -0.462 e. The fourth-order valence-electron chi connectivity index (χ4n) is 6.57. The third-order valence-electron chi connectivity index (χ3n) is 10.3. The molecule has 62 heavy (non-hydrogen) atoms. The van der Waals surface area contributed by atoms with Crippen molar-refractivity contribution in [3.63, 3.8) is 0 Å². The molecular weight excluding hydrogens is 769 g/mol. The van der Waals surface area contributed by atoms with Gasteiger partial charge in [-0.05, 0) is 109 Å². The van der Waals surface area contributed by atoms with Crippen LogP contribution in [0.4, 0.5) is 0 Å². The lowest BCUT2D eigenvalue weighted by Gasteiger charge is -2.18. The normalized spacial score (nSPS) is 12.9. The Morgan fingerprint density at radius 1 is 0.339 bits per heavy atom. The van der Waals surface area contributed by atoms with Crippen LogP contribution < -0.4 is 0 Å². The average Bonchev–Trinajstić information content (AvgIpc) is 3.27. The van der Waals surface area contributed by atoms with Gasteiger partial charge in [-0.3, -0.25) is 14.4 Å². The van der Waals surface area contributed by atoms with Gasteiger partial charge in [0.2, 0.25) is 0 Å². The van der Waals surface area contributed by atoms with Gasteiger partial charge in [-0.2, -0.15) is 0 Å². The molecule has 0 heterocycles. The molecule has 1 unspecified atom stereocenters.